The Morgan fingerprint density at radius 3 is 2.71 bits per heavy atom. The number of rotatable bonds is 6. The van der Waals surface area contributed by atoms with Gasteiger partial charge in [-0.2, -0.15) is 16.9 Å². The van der Waals surface area contributed by atoms with Crippen LogP contribution in [0.3, 0.4) is 0 Å². The second-order valence-electron chi connectivity index (χ2n) is 6.26. The lowest BCUT2D eigenvalue weighted by molar-refractivity contribution is 0.102. The van der Waals surface area contributed by atoms with Crippen molar-refractivity contribution >= 4 is 23.5 Å². The summed E-state index contributed by atoms with van der Waals surface area (Å²) in [5.41, 5.74) is 3.46. The molecule has 0 saturated heterocycles. The van der Waals surface area contributed by atoms with Crippen LogP contribution in [-0.2, 0) is 11.5 Å². The third kappa shape index (κ3) is 3.45. The van der Waals surface area contributed by atoms with Crippen LogP contribution in [0.25, 0.3) is 5.69 Å². The summed E-state index contributed by atoms with van der Waals surface area (Å²) >= 11 is 1.80. The molecule has 0 unspecified atom stereocenters. The van der Waals surface area contributed by atoms with Crippen LogP contribution in [0.15, 0.2) is 48.5 Å². The summed E-state index contributed by atoms with van der Waals surface area (Å²) in [6.07, 6.45) is 0. The van der Waals surface area contributed by atoms with E-state index < -0.39 is 0 Å². The molecule has 0 bridgehead atoms. The third-order valence-corrected chi connectivity index (χ3v) is 5.50. The molecule has 1 aliphatic rings. The van der Waals surface area contributed by atoms with Crippen molar-refractivity contribution in [1.29, 1.82) is 0 Å². The highest BCUT2D eigenvalue weighted by Crippen LogP contribution is 2.36. The molecule has 0 saturated carbocycles. The summed E-state index contributed by atoms with van der Waals surface area (Å²) in [4.78, 5) is 13.0. The van der Waals surface area contributed by atoms with Gasteiger partial charge in [0.1, 0.15) is 17.3 Å². The van der Waals surface area contributed by atoms with Crippen LogP contribution in [0.2, 0.25) is 0 Å². The highest BCUT2D eigenvalue weighted by atomic mass is 32.2. The molecule has 0 aliphatic carbocycles. The van der Waals surface area contributed by atoms with E-state index in [4.69, 9.17) is 14.6 Å². The van der Waals surface area contributed by atoms with E-state index in [-0.39, 0.29) is 5.91 Å². The predicted octanol–water partition coefficient (Wildman–Crippen LogP) is 4.28. The molecule has 0 spiro atoms. The Balaban J connectivity index is 1.70. The Hall–Kier alpha value is -2.93. The standard InChI is InChI=1S/C21H21N3O3S/c1-3-27-19-7-5-4-6-16(19)21(25)22-20-17-12-28-13-18(17)23-24(20)14-8-10-15(26-2)11-9-14/h4-11H,3,12-13H2,1-2H3,(H,22,25). The number of amides is 1. The van der Waals surface area contributed by atoms with E-state index in [1.807, 2.05) is 43.3 Å². The maximum atomic E-state index is 13.0. The zero-order chi connectivity index (χ0) is 19.5. The molecule has 28 heavy (non-hydrogen) atoms. The molecule has 1 aromatic heterocycles. The number of para-hydroxylation sites is 1. The van der Waals surface area contributed by atoms with Crippen molar-refractivity contribution in [2.75, 3.05) is 19.0 Å². The molecule has 6 nitrogen and oxygen atoms in total. The van der Waals surface area contributed by atoms with Gasteiger partial charge in [-0.15, -0.1) is 0 Å². The minimum atomic E-state index is -0.210. The van der Waals surface area contributed by atoms with Crippen molar-refractivity contribution in [2.24, 2.45) is 0 Å². The second kappa shape index (κ2) is 7.98. The van der Waals surface area contributed by atoms with Gasteiger partial charge in [-0.05, 0) is 43.3 Å². The second-order valence-corrected chi connectivity index (χ2v) is 7.25. The van der Waals surface area contributed by atoms with Gasteiger partial charge >= 0.3 is 0 Å². The lowest BCUT2D eigenvalue weighted by Gasteiger charge is -2.13. The van der Waals surface area contributed by atoms with Crippen LogP contribution in [0.1, 0.15) is 28.5 Å². The minimum absolute atomic E-state index is 0.210. The number of methoxy groups -OCH3 is 1. The molecule has 1 N–H and O–H groups in total. The first-order chi connectivity index (χ1) is 13.7. The molecule has 1 aliphatic heterocycles. The van der Waals surface area contributed by atoms with E-state index in [1.54, 1.807) is 35.7 Å². The number of thioether (sulfide) groups is 1. The maximum Gasteiger partial charge on any atom is 0.260 e. The number of hydrogen-bond acceptors (Lipinski definition) is 5. The summed E-state index contributed by atoms with van der Waals surface area (Å²) < 4.78 is 12.6. The van der Waals surface area contributed by atoms with Crippen LogP contribution in [0.5, 0.6) is 11.5 Å². The number of hydrogen-bond donors (Lipinski definition) is 1. The highest BCUT2D eigenvalue weighted by molar-refractivity contribution is 7.98. The monoisotopic (exact) mass is 395 g/mol. The van der Waals surface area contributed by atoms with E-state index in [0.29, 0.717) is 23.7 Å². The van der Waals surface area contributed by atoms with Gasteiger partial charge in [0.05, 0.1) is 30.7 Å². The number of carbonyl (C=O) groups is 1. The fourth-order valence-corrected chi connectivity index (χ4v) is 4.20. The van der Waals surface area contributed by atoms with Crippen LogP contribution in [0.4, 0.5) is 5.82 Å². The maximum absolute atomic E-state index is 13.0. The van der Waals surface area contributed by atoms with Gasteiger partial charge < -0.3 is 14.8 Å². The molecule has 0 radical (unpaired) electrons. The molecule has 1 amide bonds. The Bertz CT molecular complexity index is 999. The molecule has 144 valence electrons. The number of benzene rings is 2. The van der Waals surface area contributed by atoms with Gasteiger partial charge in [0, 0.05) is 17.1 Å². The summed E-state index contributed by atoms with van der Waals surface area (Å²) in [6, 6.07) is 14.9. The average Bonchev–Trinajstić information content (AvgIpc) is 3.31. The normalized spacial score (nSPS) is 12.5. The van der Waals surface area contributed by atoms with E-state index >= 15 is 0 Å². The number of aromatic nitrogens is 2. The van der Waals surface area contributed by atoms with Crippen molar-refractivity contribution < 1.29 is 14.3 Å². The SMILES string of the molecule is CCOc1ccccc1C(=O)Nc1c2c(nn1-c1ccc(OC)cc1)CSC2. The number of fused-ring (bicyclic) bond motifs is 1. The smallest absolute Gasteiger partial charge is 0.260 e. The van der Waals surface area contributed by atoms with Gasteiger partial charge in [-0.3, -0.25) is 4.79 Å². The number of carbonyl (C=O) groups excluding carboxylic acids is 1. The van der Waals surface area contributed by atoms with Crippen molar-refractivity contribution in [3.63, 3.8) is 0 Å². The first-order valence-corrected chi connectivity index (χ1v) is 10.2. The van der Waals surface area contributed by atoms with E-state index in [0.717, 1.165) is 34.2 Å². The molecule has 0 atom stereocenters. The lowest BCUT2D eigenvalue weighted by Crippen LogP contribution is -2.17. The van der Waals surface area contributed by atoms with Crippen molar-refractivity contribution in [2.45, 2.75) is 18.4 Å². The fourth-order valence-electron chi connectivity index (χ4n) is 3.16. The number of anilines is 1. The molecule has 3 aromatic rings. The van der Waals surface area contributed by atoms with Crippen LogP contribution in [0, 0.1) is 0 Å². The Labute approximate surface area is 167 Å². The minimum Gasteiger partial charge on any atom is -0.497 e. The van der Waals surface area contributed by atoms with Crippen LogP contribution < -0.4 is 14.8 Å². The first kappa shape index (κ1) is 18.4. The quantitative estimate of drug-likeness (QED) is 0.675. The molecule has 2 aromatic carbocycles. The largest absolute Gasteiger partial charge is 0.497 e. The van der Waals surface area contributed by atoms with Crippen LogP contribution in [-0.4, -0.2) is 29.4 Å². The zero-order valence-corrected chi connectivity index (χ0v) is 16.6. The summed E-state index contributed by atoms with van der Waals surface area (Å²) in [7, 11) is 1.64. The van der Waals surface area contributed by atoms with Crippen molar-refractivity contribution in [3.8, 4) is 17.2 Å². The van der Waals surface area contributed by atoms with Crippen molar-refractivity contribution in [1.82, 2.24) is 9.78 Å². The fraction of sp³-hybridized carbons (Fsp3) is 0.238. The molecule has 4 rings (SSSR count). The third-order valence-electron chi connectivity index (χ3n) is 4.53. The molecule has 0 fully saturated rings. The Morgan fingerprint density at radius 1 is 1.18 bits per heavy atom. The van der Waals surface area contributed by atoms with Crippen molar-refractivity contribution in [3.05, 3.63) is 65.4 Å². The lowest BCUT2D eigenvalue weighted by atomic mass is 10.2. The van der Waals surface area contributed by atoms with Gasteiger partial charge in [0.2, 0.25) is 0 Å². The number of nitrogens with one attached hydrogen (secondary N) is 1. The predicted molar refractivity (Wildman–Crippen MR) is 111 cm³/mol. The van der Waals surface area contributed by atoms with Gasteiger partial charge in [-0.25, -0.2) is 4.68 Å². The Morgan fingerprint density at radius 2 is 1.96 bits per heavy atom. The van der Waals surface area contributed by atoms with Gasteiger partial charge in [0.15, 0.2) is 0 Å². The number of ether oxygens (including phenoxy) is 2. The molecule has 2 heterocycles. The first-order valence-electron chi connectivity index (χ1n) is 9.07. The average molecular weight is 395 g/mol. The van der Waals surface area contributed by atoms with Gasteiger partial charge in [0.25, 0.3) is 5.91 Å². The highest BCUT2D eigenvalue weighted by Gasteiger charge is 2.25. The molecule has 7 heteroatoms. The summed E-state index contributed by atoms with van der Waals surface area (Å²) in [5.74, 6) is 3.52. The summed E-state index contributed by atoms with van der Waals surface area (Å²) in [6.45, 7) is 2.40. The molecular weight excluding hydrogens is 374 g/mol. The van der Waals surface area contributed by atoms with Gasteiger partial charge in [-0.1, -0.05) is 12.1 Å². The number of nitrogens with zero attached hydrogens (tertiary/aromatic N) is 2. The van der Waals surface area contributed by atoms with Crippen LogP contribution >= 0.6 is 11.8 Å². The summed E-state index contributed by atoms with van der Waals surface area (Å²) in [5, 5.41) is 7.80. The van der Waals surface area contributed by atoms with E-state index in [9.17, 15) is 4.79 Å². The Kier molecular flexibility index (Phi) is 5.25. The molecular formula is C21H21N3O3S. The topological polar surface area (TPSA) is 65.4 Å². The zero-order valence-electron chi connectivity index (χ0n) is 15.8. The van der Waals surface area contributed by atoms with E-state index in [1.165, 1.54) is 0 Å². The van der Waals surface area contributed by atoms with E-state index in [2.05, 4.69) is 5.32 Å².